The quantitative estimate of drug-likeness (QED) is 0.407. The number of aliphatic imine (C=N–C) groups is 1. The highest BCUT2D eigenvalue weighted by molar-refractivity contribution is 5.80. The van der Waals surface area contributed by atoms with E-state index < -0.39 is 0 Å². The first-order valence-corrected chi connectivity index (χ1v) is 9.92. The van der Waals surface area contributed by atoms with Gasteiger partial charge in [-0.25, -0.2) is 0 Å². The number of guanidine groups is 1. The molecule has 1 N–H and O–H groups in total. The Morgan fingerprint density at radius 3 is 2.74 bits per heavy atom. The highest BCUT2D eigenvalue weighted by Gasteiger charge is 2.22. The smallest absolute Gasteiger partial charge is 0.193 e. The van der Waals surface area contributed by atoms with Crippen molar-refractivity contribution in [3.8, 4) is 5.75 Å². The SMILES string of the molecule is CN=C(NCC(C)Oc1cccc(C)c1)N1CCC(OCCCOC)CC1. The summed E-state index contributed by atoms with van der Waals surface area (Å²) in [5, 5.41) is 3.44. The van der Waals surface area contributed by atoms with Gasteiger partial charge in [-0.2, -0.15) is 0 Å². The van der Waals surface area contributed by atoms with E-state index in [0.717, 1.165) is 57.3 Å². The van der Waals surface area contributed by atoms with Crippen LogP contribution in [-0.4, -0.2) is 70.1 Å². The van der Waals surface area contributed by atoms with Gasteiger partial charge in [0.2, 0.25) is 0 Å². The molecular formula is C21H35N3O3. The average Bonchev–Trinajstić information content (AvgIpc) is 2.67. The third-order valence-corrected chi connectivity index (χ3v) is 4.67. The lowest BCUT2D eigenvalue weighted by atomic mass is 10.1. The molecule has 152 valence electrons. The van der Waals surface area contributed by atoms with Gasteiger partial charge in [0.05, 0.1) is 12.6 Å². The molecule has 0 spiro atoms. The van der Waals surface area contributed by atoms with E-state index in [2.05, 4.69) is 41.2 Å². The summed E-state index contributed by atoms with van der Waals surface area (Å²) in [7, 11) is 3.56. The lowest BCUT2D eigenvalue weighted by Crippen LogP contribution is -2.48. The Kier molecular flexibility index (Phi) is 9.42. The number of ether oxygens (including phenoxy) is 3. The van der Waals surface area contributed by atoms with Gasteiger partial charge in [-0.3, -0.25) is 4.99 Å². The molecule has 0 amide bonds. The standard InChI is InChI=1S/C21H35N3O3/c1-17-7-5-8-20(15-17)27-18(2)16-23-21(22-3)24-11-9-19(10-12-24)26-14-6-13-25-4/h5,7-8,15,18-19H,6,9-14,16H2,1-4H3,(H,22,23). The number of nitrogens with one attached hydrogen (secondary N) is 1. The van der Waals surface area contributed by atoms with Crippen molar-refractivity contribution in [2.75, 3.05) is 47.0 Å². The molecule has 1 atom stereocenters. The van der Waals surface area contributed by atoms with Crippen molar-refractivity contribution in [1.82, 2.24) is 10.2 Å². The van der Waals surface area contributed by atoms with E-state index in [-0.39, 0.29) is 6.10 Å². The lowest BCUT2D eigenvalue weighted by molar-refractivity contribution is 0.00984. The number of piperidine rings is 1. The summed E-state index contributed by atoms with van der Waals surface area (Å²) in [4.78, 5) is 6.73. The summed E-state index contributed by atoms with van der Waals surface area (Å²) in [6, 6.07) is 8.15. The molecule has 1 heterocycles. The molecule has 1 aromatic carbocycles. The zero-order valence-corrected chi connectivity index (χ0v) is 17.2. The van der Waals surface area contributed by atoms with Crippen molar-refractivity contribution in [3.63, 3.8) is 0 Å². The van der Waals surface area contributed by atoms with Crippen LogP contribution in [-0.2, 0) is 9.47 Å². The Balaban J connectivity index is 1.69. The van der Waals surface area contributed by atoms with Crippen LogP contribution < -0.4 is 10.1 Å². The molecule has 1 aliphatic heterocycles. The summed E-state index contributed by atoms with van der Waals surface area (Å²) in [6.45, 7) is 8.32. The van der Waals surface area contributed by atoms with Gasteiger partial charge in [-0.15, -0.1) is 0 Å². The second-order valence-corrected chi connectivity index (χ2v) is 7.08. The van der Waals surface area contributed by atoms with E-state index in [1.807, 2.05) is 19.2 Å². The molecule has 1 aromatic rings. The molecule has 6 heteroatoms. The van der Waals surface area contributed by atoms with Crippen LogP contribution in [0.15, 0.2) is 29.3 Å². The molecule has 27 heavy (non-hydrogen) atoms. The minimum atomic E-state index is 0.0604. The first kappa shape index (κ1) is 21.5. The van der Waals surface area contributed by atoms with Crippen molar-refractivity contribution >= 4 is 5.96 Å². The number of likely N-dealkylation sites (tertiary alicyclic amines) is 1. The maximum atomic E-state index is 5.99. The van der Waals surface area contributed by atoms with E-state index in [1.165, 1.54) is 5.56 Å². The predicted molar refractivity (Wildman–Crippen MR) is 110 cm³/mol. The maximum absolute atomic E-state index is 5.99. The third kappa shape index (κ3) is 7.77. The molecule has 1 saturated heterocycles. The average molecular weight is 378 g/mol. The fourth-order valence-corrected chi connectivity index (χ4v) is 3.22. The Hall–Kier alpha value is -1.79. The van der Waals surface area contributed by atoms with Crippen molar-refractivity contribution < 1.29 is 14.2 Å². The predicted octanol–water partition coefficient (Wildman–Crippen LogP) is 2.86. The van der Waals surface area contributed by atoms with Gasteiger partial charge < -0.3 is 24.4 Å². The minimum Gasteiger partial charge on any atom is -0.489 e. The van der Waals surface area contributed by atoms with E-state index in [4.69, 9.17) is 14.2 Å². The fraction of sp³-hybridized carbons (Fsp3) is 0.667. The van der Waals surface area contributed by atoms with Crippen molar-refractivity contribution in [1.29, 1.82) is 0 Å². The lowest BCUT2D eigenvalue weighted by Gasteiger charge is -2.34. The highest BCUT2D eigenvalue weighted by Crippen LogP contribution is 2.15. The Morgan fingerprint density at radius 1 is 1.30 bits per heavy atom. The van der Waals surface area contributed by atoms with Crippen molar-refractivity contribution in [2.45, 2.75) is 45.3 Å². The maximum Gasteiger partial charge on any atom is 0.193 e. The van der Waals surface area contributed by atoms with Crippen LogP contribution >= 0.6 is 0 Å². The van der Waals surface area contributed by atoms with Gasteiger partial charge in [-0.1, -0.05) is 12.1 Å². The van der Waals surface area contributed by atoms with E-state index in [1.54, 1.807) is 7.11 Å². The monoisotopic (exact) mass is 377 g/mol. The summed E-state index contributed by atoms with van der Waals surface area (Å²) in [5.74, 6) is 1.85. The van der Waals surface area contributed by atoms with Gasteiger partial charge in [0.15, 0.2) is 5.96 Å². The van der Waals surface area contributed by atoms with Crippen molar-refractivity contribution in [3.05, 3.63) is 29.8 Å². The van der Waals surface area contributed by atoms with Crippen LogP contribution in [0.2, 0.25) is 0 Å². The van der Waals surface area contributed by atoms with Crippen LogP contribution in [0.1, 0.15) is 31.7 Å². The first-order chi connectivity index (χ1) is 13.1. The molecule has 1 aliphatic rings. The van der Waals surface area contributed by atoms with E-state index in [9.17, 15) is 0 Å². The van der Waals surface area contributed by atoms with Gasteiger partial charge in [0.1, 0.15) is 11.9 Å². The van der Waals surface area contributed by atoms with E-state index in [0.29, 0.717) is 12.6 Å². The van der Waals surface area contributed by atoms with Gasteiger partial charge in [-0.05, 0) is 50.8 Å². The van der Waals surface area contributed by atoms with Gasteiger partial charge in [0.25, 0.3) is 0 Å². The molecule has 0 saturated carbocycles. The minimum absolute atomic E-state index is 0.0604. The Bertz CT molecular complexity index is 572. The Labute approximate surface area is 163 Å². The second-order valence-electron chi connectivity index (χ2n) is 7.08. The molecule has 0 radical (unpaired) electrons. The number of hydrogen-bond acceptors (Lipinski definition) is 4. The third-order valence-electron chi connectivity index (χ3n) is 4.67. The first-order valence-electron chi connectivity index (χ1n) is 9.92. The normalized spacial score (nSPS) is 17.0. The fourth-order valence-electron chi connectivity index (χ4n) is 3.22. The molecule has 6 nitrogen and oxygen atoms in total. The van der Waals surface area contributed by atoms with Crippen LogP contribution in [0.4, 0.5) is 0 Å². The van der Waals surface area contributed by atoms with Crippen LogP contribution in [0.3, 0.4) is 0 Å². The summed E-state index contributed by atoms with van der Waals surface area (Å²) >= 11 is 0. The largest absolute Gasteiger partial charge is 0.489 e. The van der Waals surface area contributed by atoms with Crippen molar-refractivity contribution in [2.24, 2.45) is 4.99 Å². The van der Waals surface area contributed by atoms with Crippen LogP contribution in [0, 0.1) is 6.92 Å². The number of rotatable bonds is 9. The number of nitrogens with zero attached hydrogens (tertiary/aromatic N) is 2. The van der Waals surface area contributed by atoms with Gasteiger partial charge >= 0.3 is 0 Å². The molecular weight excluding hydrogens is 342 g/mol. The Morgan fingerprint density at radius 2 is 2.07 bits per heavy atom. The molecule has 0 bridgehead atoms. The molecule has 0 aliphatic carbocycles. The second kappa shape index (κ2) is 11.8. The molecule has 2 rings (SSSR count). The summed E-state index contributed by atoms with van der Waals surface area (Å²) in [5.41, 5.74) is 1.20. The van der Waals surface area contributed by atoms with Crippen LogP contribution in [0.5, 0.6) is 5.75 Å². The number of benzene rings is 1. The topological polar surface area (TPSA) is 55.3 Å². The number of hydrogen-bond donors (Lipinski definition) is 1. The highest BCUT2D eigenvalue weighted by atomic mass is 16.5. The van der Waals surface area contributed by atoms with Crippen LogP contribution in [0.25, 0.3) is 0 Å². The molecule has 0 aromatic heterocycles. The molecule has 1 fully saturated rings. The summed E-state index contributed by atoms with van der Waals surface area (Å²) in [6.07, 6.45) is 3.43. The number of aryl methyl sites for hydroxylation is 1. The zero-order valence-electron chi connectivity index (χ0n) is 17.2. The number of methoxy groups -OCH3 is 1. The molecule has 1 unspecified atom stereocenters. The van der Waals surface area contributed by atoms with Gasteiger partial charge in [0, 0.05) is 40.5 Å². The van der Waals surface area contributed by atoms with E-state index >= 15 is 0 Å². The summed E-state index contributed by atoms with van der Waals surface area (Å²) < 4.78 is 17.0. The zero-order chi connectivity index (χ0) is 19.5.